The molecule has 0 aliphatic carbocycles. The molecule has 0 bridgehead atoms. The molecule has 4 N–H and O–H groups in total. The number of ether oxygens (including phenoxy) is 2. The quantitative estimate of drug-likeness (QED) is 0.187. The molecule has 2 aromatic carbocycles. The first-order chi connectivity index (χ1) is 20.8. The van der Waals surface area contributed by atoms with Gasteiger partial charge in [0, 0.05) is 37.7 Å². The van der Waals surface area contributed by atoms with Gasteiger partial charge >= 0.3 is 11.9 Å². The molecule has 244 valence electrons. The number of benzene rings is 2. The highest BCUT2D eigenvalue weighted by Crippen LogP contribution is 2.19. The zero-order valence-corrected chi connectivity index (χ0v) is 27.5. The van der Waals surface area contributed by atoms with Crippen molar-refractivity contribution in [2.24, 2.45) is 11.7 Å². The summed E-state index contributed by atoms with van der Waals surface area (Å²) in [5, 5.41) is 13.7. The molecule has 0 aliphatic rings. The smallest absolute Gasteiger partial charge is 0.325 e. The lowest BCUT2D eigenvalue weighted by atomic mass is 10.1. The zero-order valence-electron chi connectivity index (χ0n) is 26.8. The van der Waals surface area contributed by atoms with E-state index in [1.54, 1.807) is 12.1 Å². The maximum absolute atomic E-state index is 12.9. The third kappa shape index (κ3) is 17.5. The van der Waals surface area contributed by atoms with Crippen molar-refractivity contribution < 1.29 is 33.4 Å². The van der Waals surface area contributed by atoms with Crippen molar-refractivity contribution in [3.05, 3.63) is 76.3 Å². The maximum Gasteiger partial charge on any atom is 0.325 e. The maximum atomic E-state index is 12.9. The van der Waals surface area contributed by atoms with E-state index in [1.807, 2.05) is 33.9 Å². The molecule has 0 saturated heterocycles. The van der Waals surface area contributed by atoms with Gasteiger partial charge < -0.3 is 25.6 Å². The van der Waals surface area contributed by atoms with Crippen molar-refractivity contribution in [2.75, 3.05) is 19.8 Å². The Balaban J connectivity index is 0.000000620. The van der Waals surface area contributed by atoms with Crippen molar-refractivity contribution in [1.29, 1.82) is 0 Å². The van der Waals surface area contributed by atoms with Gasteiger partial charge in [0.15, 0.2) is 0 Å². The molecule has 1 heterocycles. The predicted molar refractivity (Wildman–Crippen MR) is 173 cm³/mol. The van der Waals surface area contributed by atoms with Gasteiger partial charge in [-0.25, -0.2) is 4.39 Å². The highest BCUT2D eigenvalue weighted by atomic mass is 35.5. The fourth-order valence-corrected chi connectivity index (χ4v) is 3.60. The standard InChI is InChI=1S/C11H21NO5.C11H11N.C9H9ClFNO.C2H6/c1-8(7-17-9(2)14)4-3-5-16-11(15)10(12)6-13;1-8-3-4-10-7-12-9(2)6-11(10)5-8;1-6(13)12-5-7-3-2-4-8(11)9(7)10;1-2/h8,10,13H,3-7,12H2,1-2H3;3-7H,1-2H3;2-4H,5H2,1H3,(H,12,13);1-2H3. The van der Waals surface area contributed by atoms with Gasteiger partial charge in [0.05, 0.1) is 24.8 Å². The molecule has 0 fully saturated rings. The van der Waals surface area contributed by atoms with Gasteiger partial charge in [-0.1, -0.05) is 68.3 Å². The van der Waals surface area contributed by atoms with Crippen LogP contribution in [0.5, 0.6) is 0 Å². The van der Waals surface area contributed by atoms with Crippen LogP contribution in [-0.4, -0.2) is 53.8 Å². The van der Waals surface area contributed by atoms with E-state index in [9.17, 15) is 18.8 Å². The zero-order chi connectivity index (χ0) is 33.7. The average Bonchev–Trinajstić information content (AvgIpc) is 2.99. The lowest BCUT2D eigenvalue weighted by Gasteiger charge is -2.12. The number of fused-ring (bicyclic) bond motifs is 1. The van der Waals surface area contributed by atoms with Crippen molar-refractivity contribution in [3.63, 3.8) is 0 Å². The summed E-state index contributed by atoms with van der Waals surface area (Å²) >= 11 is 5.65. The number of halogens is 2. The second kappa shape index (κ2) is 22.9. The van der Waals surface area contributed by atoms with E-state index >= 15 is 0 Å². The molecule has 0 spiro atoms. The number of hydrogen-bond acceptors (Lipinski definition) is 8. The molecule has 9 nitrogen and oxygen atoms in total. The molecule has 3 aromatic rings. The van der Waals surface area contributed by atoms with Crippen molar-refractivity contribution in [3.8, 4) is 0 Å². The minimum atomic E-state index is -0.964. The van der Waals surface area contributed by atoms with Gasteiger partial charge in [-0.15, -0.1) is 0 Å². The molecule has 1 amide bonds. The number of pyridine rings is 1. The monoisotopic (exact) mass is 635 g/mol. The number of hydrogen-bond donors (Lipinski definition) is 3. The predicted octanol–water partition coefficient (Wildman–Crippen LogP) is 5.82. The minimum Gasteiger partial charge on any atom is -0.466 e. The third-order valence-corrected chi connectivity index (χ3v) is 6.15. The van der Waals surface area contributed by atoms with Crippen molar-refractivity contribution in [1.82, 2.24) is 10.3 Å². The average molecular weight is 636 g/mol. The number of esters is 2. The molecular weight excluding hydrogens is 589 g/mol. The van der Waals surface area contributed by atoms with E-state index in [0.717, 1.165) is 12.1 Å². The first kappa shape index (κ1) is 40.4. The lowest BCUT2D eigenvalue weighted by molar-refractivity contribution is -0.146. The number of nitrogens with two attached hydrogens (primary N) is 1. The van der Waals surface area contributed by atoms with E-state index in [1.165, 1.54) is 36.2 Å². The molecule has 0 radical (unpaired) electrons. The third-order valence-electron chi connectivity index (χ3n) is 5.73. The minimum absolute atomic E-state index is 0.0660. The molecule has 0 saturated carbocycles. The summed E-state index contributed by atoms with van der Waals surface area (Å²) < 4.78 is 22.5. The molecule has 2 atom stereocenters. The largest absolute Gasteiger partial charge is 0.466 e. The number of nitrogens with zero attached hydrogens (tertiary/aromatic N) is 1. The number of aromatic nitrogens is 1. The summed E-state index contributed by atoms with van der Waals surface area (Å²) in [6.45, 7) is 13.3. The molecule has 3 rings (SSSR count). The van der Waals surface area contributed by atoms with Crippen LogP contribution < -0.4 is 11.1 Å². The van der Waals surface area contributed by atoms with Gasteiger partial charge in [-0.2, -0.15) is 0 Å². The number of aliphatic hydroxyl groups is 1. The van der Waals surface area contributed by atoms with Gasteiger partial charge in [-0.3, -0.25) is 19.4 Å². The summed E-state index contributed by atoms with van der Waals surface area (Å²) in [6, 6.07) is 12.1. The van der Waals surface area contributed by atoms with Crippen LogP contribution in [0.2, 0.25) is 5.02 Å². The second-order valence-corrected chi connectivity index (χ2v) is 10.2. The Hall–Kier alpha value is -3.60. The molecular formula is C33H47ClFN3O6. The van der Waals surface area contributed by atoms with Crippen LogP contribution in [-0.2, 0) is 30.4 Å². The number of aryl methyl sites for hydroxylation is 2. The van der Waals surface area contributed by atoms with Crippen LogP contribution >= 0.6 is 11.6 Å². The topological polar surface area (TPSA) is 141 Å². The summed E-state index contributed by atoms with van der Waals surface area (Å²) in [7, 11) is 0. The second-order valence-electron chi connectivity index (χ2n) is 9.81. The summed E-state index contributed by atoms with van der Waals surface area (Å²) in [6.07, 6.45) is 3.38. The summed E-state index contributed by atoms with van der Waals surface area (Å²) in [5.74, 6) is -1.30. The molecule has 2 unspecified atom stereocenters. The van der Waals surface area contributed by atoms with Gasteiger partial charge in [-0.05, 0) is 55.7 Å². The van der Waals surface area contributed by atoms with Crippen LogP contribution in [0.15, 0.2) is 48.7 Å². The number of amides is 1. The summed E-state index contributed by atoms with van der Waals surface area (Å²) in [4.78, 5) is 36.4. The van der Waals surface area contributed by atoms with Crippen LogP contribution in [0.1, 0.15) is 64.3 Å². The summed E-state index contributed by atoms with van der Waals surface area (Å²) in [5.41, 5.74) is 8.21. The Kier molecular flexibility index (Phi) is 21.0. The fraction of sp³-hybridized carbons (Fsp3) is 0.455. The van der Waals surface area contributed by atoms with Gasteiger partial charge in [0.1, 0.15) is 11.9 Å². The van der Waals surface area contributed by atoms with E-state index in [4.69, 9.17) is 31.9 Å². The number of carbonyl (C=O) groups excluding carboxylic acids is 3. The highest BCUT2D eigenvalue weighted by Gasteiger charge is 2.13. The number of rotatable bonds is 10. The Morgan fingerprint density at radius 3 is 2.36 bits per heavy atom. The molecule has 44 heavy (non-hydrogen) atoms. The van der Waals surface area contributed by atoms with Crippen LogP contribution in [0.25, 0.3) is 10.8 Å². The number of carbonyl (C=O) groups is 3. The first-order valence-electron chi connectivity index (χ1n) is 14.5. The van der Waals surface area contributed by atoms with Gasteiger partial charge in [0.25, 0.3) is 0 Å². The first-order valence-corrected chi connectivity index (χ1v) is 14.9. The SMILES string of the molecule is CC.CC(=O)NCc1cccc(F)c1Cl.CC(=O)OCC(C)CCCOC(=O)C(N)CO.Cc1ccc2cnc(C)cc2c1. The fourth-order valence-electron chi connectivity index (χ4n) is 3.40. The normalized spacial score (nSPS) is 11.2. The Bertz CT molecular complexity index is 1270. The van der Waals surface area contributed by atoms with Crippen molar-refractivity contribution in [2.45, 2.75) is 73.9 Å². The van der Waals surface area contributed by atoms with E-state index in [-0.39, 0.29) is 36.0 Å². The Labute approximate surface area is 265 Å². The van der Waals surface area contributed by atoms with Gasteiger partial charge in [0.2, 0.25) is 5.91 Å². The van der Waals surface area contributed by atoms with E-state index < -0.39 is 24.4 Å². The number of nitrogens with one attached hydrogen (secondary N) is 1. The lowest BCUT2D eigenvalue weighted by Crippen LogP contribution is -2.35. The molecule has 0 aliphatic heterocycles. The van der Waals surface area contributed by atoms with Crippen LogP contribution in [0.4, 0.5) is 4.39 Å². The van der Waals surface area contributed by atoms with E-state index in [0.29, 0.717) is 18.6 Å². The number of aliphatic hydroxyl groups excluding tert-OH is 1. The van der Waals surface area contributed by atoms with Crippen molar-refractivity contribution >= 4 is 40.2 Å². The van der Waals surface area contributed by atoms with E-state index in [2.05, 4.69) is 41.5 Å². The molecule has 1 aromatic heterocycles. The van der Waals surface area contributed by atoms with Crippen LogP contribution in [0.3, 0.4) is 0 Å². The van der Waals surface area contributed by atoms with Crippen LogP contribution in [0, 0.1) is 25.6 Å². The Morgan fingerprint density at radius 2 is 1.75 bits per heavy atom. The Morgan fingerprint density at radius 1 is 1.07 bits per heavy atom. The highest BCUT2D eigenvalue weighted by molar-refractivity contribution is 6.31. The molecule has 11 heteroatoms.